The van der Waals surface area contributed by atoms with Gasteiger partial charge >= 0.3 is 0 Å². The molecule has 3 N–H and O–H groups in total. The van der Waals surface area contributed by atoms with Gasteiger partial charge in [0, 0.05) is 5.69 Å². The van der Waals surface area contributed by atoms with Gasteiger partial charge in [0.05, 0.1) is 25.0 Å². The van der Waals surface area contributed by atoms with Gasteiger partial charge in [-0.15, -0.1) is 0 Å². The molecule has 5 heteroatoms. The number of hydrogen-bond donors (Lipinski definition) is 2. The second kappa shape index (κ2) is 6.85. The quantitative estimate of drug-likeness (QED) is 0.879. The maximum atomic E-state index is 12.1. The van der Waals surface area contributed by atoms with Crippen molar-refractivity contribution in [2.45, 2.75) is 19.4 Å². The van der Waals surface area contributed by atoms with E-state index in [0.29, 0.717) is 12.1 Å². The first kappa shape index (κ1) is 15.0. The first-order valence-corrected chi connectivity index (χ1v) is 6.70. The predicted octanol–water partition coefficient (Wildman–Crippen LogP) is 1.91. The molecule has 0 aliphatic rings. The summed E-state index contributed by atoms with van der Waals surface area (Å²) >= 11 is 0. The van der Waals surface area contributed by atoms with E-state index in [-0.39, 0.29) is 5.91 Å². The van der Waals surface area contributed by atoms with Crippen molar-refractivity contribution >= 4 is 11.6 Å². The lowest BCUT2D eigenvalue weighted by Crippen LogP contribution is -2.37. The summed E-state index contributed by atoms with van der Waals surface area (Å²) < 4.78 is 5.15. The standard InChI is InChI=1S/C16H19N3O2/c1-11-6-7-13(10-18-11)19-16(20)15(17)9-12-4-3-5-14(8-12)21-2/h3-8,10,15H,9,17H2,1-2H3,(H,19,20). The second-order valence-electron chi connectivity index (χ2n) is 4.84. The van der Waals surface area contributed by atoms with Crippen LogP contribution in [0.5, 0.6) is 5.75 Å². The third-order valence-electron chi connectivity index (χ3n) is 3.11. The van der Waals surface area contributed by atoms with Crippen LogP contribution in [0.4, 0.5) is 5.69 Å². The second-order valence-corrected chi connectivity index (χ2v) is 4.84. The number of benzene rings is 1. The molecule has 2 rings (SSSR count). The van der Waals surface area contributed by atoms with Crippen LogP contribution in [0.15, 0.2) is 42.6 Å². The van der Waals surface area contributed by atoms with Crippen molar-refractivity contribution in [1.29, 1.82) is 0 Å². The maximum Gasteiger partial charge on any atom is 0.241 e. The van der Waals surface area contributed by atoms with Crippen LogP contribution >= 0.6 is 0 Å². The number of carbonyl (C=O) groups excluding carboxylic acids is 1. The van der Waals surface area contributed by atoms with Gasteiger partial charge < -0.3 is 15.8 Å². The van der Waals surface area contributed by atoms with E-state index < -0.39 is 6.04 Å². The van der Waals surface area contributed by atoms with Crippen molar-refractivity contribution in [3.8, 4) is 5.75 Å². The average Bonchev–Trinajstić information content (AvgIpc) is 2.49. The maximum absolute atomic E-state index is 12.1. The third kappa shape index (κ3) is 4.29. The fraction of sp³-hybridized carbons (Fsp3) is 0.250. The van der Waals surface area contributed by atoms with E-state index in [1.807, 2.05) is 37.3 Å². The Hall–Kier alpha value is -2.40. The minimum Gasteiger partial charge on any atom is -0.497 e. The number of amides is 1. The van der Waals surface area contributed by atoms with Gasteiger partial charge in [0.25, 0.3) is 0 Å². The molecule has 0 spiro atoms. The number of nitrogens with two attached hydrogens (primary N) is 1. The molecular formula is C16H19N3O2. The van der Waals surface area contributed by atoms with Crippen molar-refractivity contribution in [3.05, 3.63) is 53.9 Å². The lowest BCUT2D eigenvalue weighted by molar-refractivity contribution is -0.117. The molecule has 0 aliphatic carbocycles. The number of anilines is 1. The van der Waals surface area contributed by atoms with E-state index in [9.17, 15) is 4.79 Å². The Morgan fingerprint density at radius 3 is 2.86 bits per heavy atom. The van der Waals surface area contributed by atoms with E-state index in [1.54, 1.807) is 19.4 Å². The van der Waals surface area contributed by atoms with E-state index in [2.05, 4.69) is 10.3 Å². The molecule has 2 aromatic rings. The molecule has 1 amide bonds. The van der Waals surface area contributed by atoms with Crippen LogP contribution in [0.1, 0.15) is 11.3 Å². The number of nitrogens with zero attached hydrogens (tertiary/aromatic N) is 1. The number of hydrogen-bond acceptors (Lipinski definition) is 4. The van der Waals surface area contributed by atoms with Crippen LogP contribution in [0.3, 0.4) is 0 Å². The molecule has 0 fully saturated rings. The summed E-state index contributed by atoms with van der Waals surface area (Å²) in [5, 5.41) is 2.76. The fourth-order valence-electron chi connectivity index (χ4n) is 1.92. The van der Waals surface area contributed by atoms with Crippen molar-refractivity contribution in [2.24, 2.45) is 5.73 Å². The highest BCUT2D eigenvalue weighted by Gasteiger charge is 2.14. The molecule has 0 aliphatic heterocycles. The van der Waals surface area contributed by atoms with E-state index in [0.717, 1.165) is 17.0 Å². The minimum atomic E-state index is -0.626. The van der Waals surface area contributed by atoms with Crippen LogP contribution in [0.2, 0.25) is 0 Å². The van der Waals surface area contributed by atoms with Crippen molar-refractivity contribution in [2.75, 3.05) is 12.4 Å². The zero-order valence-corrected chi connectivity index (χ0v) is 12.2. The number of methoxy groups -OCH3 is 1. The number of pyridine rings is 1. The lowest BCUT2D eigenvalue weighted by Gasteiger charge is -2.13. The van der Waals surface area contributed by atoms with E-state index in [4.69, 9.17) is 10.5 Å². The minimum absolute atomic E-state index is 0.233. The van der Waals surface area contributed by atoms with Gasteiger partial charge in [-0.3, -0.25) is 9.78 Å². The summed E-state index contributed by atoms with van der Waals surface area (Å²) in [6.45, 7) is 1.89. The topological polar surface area (TPSA) is 77.2 Å². The summed E-state index contributed by atoms with van der Waals surface area (Å²) in [5.41, 5.74) is 8.44. The third-order valence-corrected chi connectivity index (χ3v) is 3.11. The van der Waals surface area contributed by atoms with Crippen molar-refractivity contribution in [3.63, 3.8) is 0 Å². The van der Waals surface area contributed by atoms with Crippen LogP contribution in [0, 0.1) is 6.92 Å². The summed E-state index contributed by atoms with van der Waals surface area (Å²) in [4.78, 5) is 16.2. The monoisotopic (exact) mass is 285 g/mol. The molecule has 0 bridgehead atoms. The van der Waals surface area contributed by atoms with Gasteiger partial charge in [-0.1, -0.05) is 12.1 Å². The molecule has 1 aromatic heterocycles. The molecule has 21 heavy (non-hydrogen) atoms. The molecule has 1 unspecified atom stereocenters. The first-order chi connectivity index (χ1) is 10.1. The summed E-state index contributed by atoms with van der Waals surface area (Å²) in [6.07, 6.45) is 2.06. The molecule has 0 saturated heterocycles. The first-order valence-electron chi connectivity index (χ1n) is 6.70. The van der Waals surface area contributed by atoms with Gasteiger partial charge in [0.1, 0.15) is 5.75 Å². The Bertz CT molecular complexity index is 611. The molecule has 1 aromatic carbocycles. The number of aryl methyl sites for hydroxylation is 1. The van der Waals surface area contributed by atoms with Crippen molar-refractivity contribution in [1.82, 2.24) is 4.98 Å². The van der Waals surface area contributed by atoms with Gasteiger partial charge in [-0.05, 0) is 43.2 Å². The molecule has 1 heterocycles. The molecule has 110 valence electrons. The Morgan fingerprint density at radius 1 is 1.38 bits per heavy atom. The van der Waals surface area contributed by atoms with Crippen LogP contribution in [-0.2, 0) is 11.2 Å². The number of aromatic nitrogens is 1. The molecular weight excluding hydrogens is 266 g/mol. The summed E-state index contributed by atoms with van der Waals surface area (Å²) in [6, 6.07) is 10.5. The van der Waals surface area contributed by atoms with Gasteiger partial charge in [-0.25, -0.2) is 0 Å². The number of nitrogens with one attached hydrogen (secondary N) is 1. The highest BCUT2D eigenvalue weighted by atomic mass is 16.5. The number of carbonyl (C=O) groups is 1. The fourth-order valence-corrected chi connectivity index (χ4v) is 1.92. The molecule has 5 nitrogen and oxygen atoms in total. The van der Waals surface area contributed by atoms with Crippen LogP contribution < -0.4 is 15.8 Å². The zero-order valence-electron chi connectivity index (χ0n) is 12.2. The largest absolute Gasteiger partial charge is 0.497 e. The van der Waals surface area contributed by atoms with Crippen molar-refractivity contribution < 1.29 is 9.53 Å². The smallest absolute Gasteiger partial charge is 0.241 e. The average molecular weight is 285 g/mol. The Kier molecular flexibility index (Phi) is 4.90. The highest BCUT2D eigenvalue weighted by molar-refractivity contribution is 5.94. The summed E-state index contributed by atoms with van der Waals surface area (Å²) in [5.74, 6) is 0.520. The van der Waals surface area contributed by atoms with Gasteiger partial charge in [0.2, 0.25) is 5.91 Å². The SMILES string of the molecule is COc1cccc(CC(N)C(=O)Nc2ccc(C)nc2)c1. The Balaban J connectivity index is 1.97. The van der Waals surface area contributed by atoms with Crippen LogP contribution in [0.25, 0.3) is 0 Å². The molecule has 0 saturated carbocycles. The highest BCUT2D eigenvalue weighted by Crippen LogP contribution is 2.14. The summed E-state index contributed by atoms with van der Waals surface area (Å²) in [7, 11) is 1.61. The van der Waals surface area contributed by atoms with E-state index >= 15 is 0 Å². The van der Waals surface area contributed by atoms with Crippen LogP contribution in [-0.4, -0.2) is 24.0 Å². The predicted molar refractivity (Wildman–Crippen MR) is 82.3 cm³/mol. The number of ether oxygens (including phenoxy) is 1. The van der Waals surface area contributed by atoms with E-state index in [1.165, 1.54) is 0 Å². The molecule has 0 radical (unpaired) electrons. The lowest BCUT2D eigenvalue weighted by atomic mass is 10.1. The Morgan fingerprint density at radius 2 is 2.19 bits per heavy atom. The van der Waals surface area contributed by atoms with Gasteiger partial charge in [0.15, 0.2) is 0 Å². The molecule has 1 atom stereocenters. The Labute approximate surface area is 124 Å². The zero-order chi connectivity index (χ0) is 15.2. The normalized spacial score (nSPS) is 11.8. The number of rotatable bonds is 5. The van der Waals surface area contributed by atoms with Gasteiger partial charge in [-0.2, -0.15) is 0 Å².